The average molecular weight is 292 g/mol. The largest absolute Gasteiger partial charge is 0.444 e. The summed E-state index contributed by atoms with van der Waals surface area (Å²) in [6.07, 6.45) is -0.593. The number of nitrogens with one attached hydrogen (secondary N) is 2. The molecule has 0 fully saturated rings. The molecule has 21 heavy (non-hydrogen) atoms. The minimum absolute atomic E-state index is 0.0544. The van der Waals surface area contributed by atoms with Crippen molar-refractivity contribution in [2.75, 3.05) is 5.32 Å². The van der Waals surface area contributed by atoms with Crippen LogP contribution in [-0.2, 0) is 9.53 Å². The van der Waals surface area contributed by atoms with E-state index in [0.29, 0.717) is 5.69 Å². The van der Waals surface area contributed by atoms with E-state index in [2.05, 4.69) is 10.6 Å². The summed E-state index contributed by atoms with van der Waals surface area (Å²) in [7, 11) is 0. The Labute approximate surface area is 126 Å². The molecule has 1 unspecified atom stereocenters. The van der Waals surface area contributed by atoms with Crippen LogP contribution in [0.1, 0.15) is 34.6 Å². The first-order chi connectivity index (χ1) is 9.69. The van der Waals surface area contributed by atoms with Crippen molar-refractivity contribution >= 4 is 17.7 Å². The van der Waals surface area contributed by atoms with Crippen molar-refractivity contribution < 1.29 is 14.3 Å². The first-order valence-corrected chi connectivity index (χ1v) is 7.04. The predicted molar refractivity (Wildman–Crippen MR) is 83.1 cm³/mol. The number of hydrogen-bond donors (Lipinski definition) is 2. The molecule has 0 heterocycles. The fourth-order valence-corrected chi connectivity index (χ4v) is 1.71. The van der Waals surface area contributed by atoms with Crippen molar-refractivity contribution in [3.05, 3.63) is 30.3 Å². The Morgan fingerprint density at radius 1 is 1.10 bits per heavy atom. The number of carbonyl (C=O) groups excluding carboxylic acids is 2. The molecule has 0 aliphatic rings. The quantitative estimate of drug-likeness (QED) is 0.895. The summed E-state index contributed by atoms with van der Waals surface area (Å²) in [5, 5.41) is 5.40. The lowest BCUT2D eigenvalue weighted by atomic mass is 10.0. The van der Waals surface area contributed by atoms with Crippen molar-refractivity contribution in [1.82, 2.24) is 5.32 Å². The Kier molecular flexibility index (Phi) is 5.76. The molecule has 5 heteroatoms. The predicted octanol–water partition coefficient (Wildman–Crippen LogP) is 3.17. The van der Waals surface area contributed by atoms with Crippen molar-refractivity contribution in [3.8, 4) is 0 Å². The molecule has 0 aromatic heterocycles. The van der Waals surface area contributed by atoms with Gasteiger partial charge in [-0.3, -0.25) is 4.79 Å². The van der Waals surface area contributed by atoms with E-state index in [0.717, 1.165) is 0 Å². The second-order valence-electron chi connectivity index (χ2n) is 6.22. The lowest BCUT2D eigenvalue weighted by Gasteiger charge is -2.25. The van der Waals surface area contributed by atoms with E-state index in [1.807, 2.05) is 32.0 Å². The average Bonchev–Trinajstić information content (AvgIpc) is 2.34. The Balaban J connectivity index is 2.69. The molecule has 2 N–H and O–H groups in total. The van der Waals surface area contributed by atoms with E-state index in [4.69, 9.17) is 4.74 Å². The first-order valence-electron chi connectivity index (χ1n) is 7.04. The van der Waals surface area contributed by atoms with Gasteiger partial charge in [0.05, 0.1) is 0 Å². The molecule has 0 saturated carbocycles. The second kappa shape index (κ2) is 7.11. The molecule has 0 aliphatic heterocycles. The third-order valence-electron chi connectivity index (χ3n) is 2.66. The molecule has 1 aromatic carbocycles. The maximum Gasteiger partial charge on any atom is 0.408 e. The Morgan fingerprint density at radius 2 is 1.67 bits per heavy atom. The number of alkyl carbamates (subject to hydrolysis) is 1. The van der Waals surface area contributed by atoms with Gasteiger partial charge in [-0.2, -0.15) is 0 Å². The highest BCUT2D eigenvalue weighted by atomic mass is 16.6. The summed E-state index contributed by atoms with van der Waals surface area (Å²) in [6, 6.07) is 8.47. The van der Waals surface area contributed by atoms with Gasteiger partial charge in [-0.05, 0) is 38.8 Å². The summed E-state index contributed by atoms with van der Waals surface area (Å²) < 4.78 is 5.19. The van der Waals surface area contributed by atoms with Gasteiger partial charge >= 0.3 is 6.09 Å². The second-order valence-corrected chi connectivity index (χ2v) is 6.22. The van der Waals surface area contributed by atoms with Crippen LogP contribution in [0.5, 0.6) is 0 Å². The minimum atomic E-state index is -0.653. The highest BCUT2D eigenvalue weighted by molar-refractivity contribution is 5.96. The maximum absolute atomic E-state index is 12.3. The number of amides is 2. The number of benzene rings is 1. The lowest BCUT2D eigenvalue weighted by molar-refractivity contribution is -0.119. The monoisotopic (exact) mass is 292 g/mol. The SMILES string of the molecule is CC(C)C(NC(=O)OC(C)(C)C)C(=O)Nc1ccccc1. The van der Waals surface area contributed by atoms with Crippen LogP contribution in [0, 0.1) is 5.92 Å². The number of hydrogen-bond acceptors (Lipinski definition) is 3. The van der Waals surface area contributed by atoms with Gasteiger partial charge in [0.15, 0.2) is 0 Å². The summed E-state index contributed by atoms with van der Waals surface area (Å²) in [6.45, 7) is 9.07. The zero-order valence-corrected chi connectivity index (χ0v) is 13.3. The maximum atomic E-state index is 12.3. The molecule has 0 aliphatic carbocycles. The number of ether oxygens (including phenoxy) is 1. The van der Waals surface area contributed by atoms with Gasteiger partial charge in [-0.15, -0.1) is 0 Å². The molecule has 0 bridgehead atoms. The Bertz CT molecular complexity index is 478. The van der Waals surface area contributed by atoms with Crippen LogP contribution >= 0.6 is 0 Å². The van der Waals surface area contributed by atoms with E-state index in [1.165, 1.54) is 0 Å². The summed E-state index contributed by atoms with van der Waals surface area (Å²) >= 11 is 0. The minimum Gasteiger partial charge on any atom is -0.444 e. The molecule has 1 atom stereocenters. The smallest absolute Gasteiger partial charge is 0.408 e. The summed E-state index contributed by atoms with van der Waals surface area (Å²) in [5.41, 5.74) is 0.0979. The van der Waals surface area contributed by atoms with Crippen molar-refractivity contribution in [3.63, 3.8) is 0 Å². The number of carbonyl (C=O) groups is 2. The topological polar surface area (TPSA) is 67.4 Å². The van der Waals surface area contributed by atoms with Crippen LogP contribution < -0.4 is 10.6 Å². The van der Waals surface area contributed by atoms with Gasteiger partial charge in [0, 0.05) is 5.69 Å². The molecule has 0 spiro atoms. The van der Waals surface area contributed by atoms with Crippen LogP contribution in [0.4, 0.5) is 10.5 Å². The third kappa shape index (κ3) is 6.29. The molecule has 116 valence electrons. The summed E-state index contributed by atoms with van der Waals surface area (Å²) in [5.74, 6) is -0.316. The fraction of sp³-hybridized carbons (Fsp3) is 0.500. The van der Waals surface area contributed by atoms with Crippen LogP contribution in [0.2, 0.25) is 0 Å². The zero-order chi connectivity index (χ0) is 16.0. The zero-order valence-electron chi connectivity index (χ0n) is 13.3. The Hall–Kier alpha value is -2.04. The molecule has 0 radical (unpaired) electrons. The normalized spacial score (nSPS) is 12.7. The number of anilines is 1. The van der Waals surface area contributed by atoms with Gasteiger partial charge in [-0.1, -0.05) is 32.0 Å². The van der Waals surface area contributed by atoms with Crippen LogP contribution in [-0.4, -0.2) is 23.6 Å². The van der Waals surface area contributed by atoms with E-state index in [9.17, 15) is 9.59 Å². The molecule has 5 nitrogen and oxygen atoms in total. The number of para-hydroxylation sites is 1. The highest BCUT2D eigenvalue weighted by Crippen LogP contribution is 2.11. The highest BCUT2D eigenvalue weighted by Gasteiger charge is 2.26. The molecule has 0 saturated heterocycles. The molecule has 1 aromatic rings. The van der Waals surface area contributed by atoms with Crippen molar-refractivity contribution in [2.24, 2.45) is 5.92 Å². The van der Waals surface area contributed by atoms with Crippen LogP contribution in [0.3, 0.4) is 0 Å². The van der Waals surface area contributed by atoms with E-state index in [-0.39, 0.29) is 11.8 Å². The van der Waals surface area contributed by atoms with Gasteiger partial charge in [0.1, 0.15) is 11.6 Å². The standard InChI is InChI=1S/C16H24N2O3/c1-11(2)13(18-15(20)21-16(3,4)5)14(19)17-12-9-7-6-8-10-12/h6-11,13H,1-5H3,(H,17,19)(H,18,20). The van der Waals surface area contributed by atoms with E-state index < -0.39 is 17.7 Å². The third-order valence-corrected chi connectivity index (χ3v) is 2.66. The van der Waals surface area contributed by atoms with Gasteiger partial charge in [0.2, 0.25) is 5.91 Å². The van der Waals surface area contributed by atoms with Crippen LogP contribution in [0.25, 0.3) is 0 Å². The van der Waals surface area contributed by atoms with Crippen molar-refractivity contribution in [2.45, 2.75) is 46.3 Å². The molecule has 1 rings (SSSR count). The Morgan fingerprint density at radius 3 is 2.14 bits per heavy atom. The number of rotatable bonds is 4. The van der Waals surface area contributed by atoms with Gasteiger partial charge in [-0.25, -0.2) is 4.79 Å². The van der Waals surface area contributed by atoms with Gasteiger partial charge < -0.3 is 15.4 Å². The van der Waals surface area contributed by atoms with E-state index >= 15 is 0 Å². The molecular formula is C16H24N2O3. The first kappa shape index (κ1) is 17.0. The fourth-order valence-electron chi connectivity index (χ4n) is 1.71. The summed E-state index contributed by atoms with van der Waals surface area (Å²) in [4.78, 5) is 24.1. The van der Waals surface area contributed by atoms with Gasteiger partial charge in [0.25, 0.3) is 0 Å². The lowest BCUT2D eigenvalue weighted by Crippen LogP contribution is -2.48. The van der Waals surface area contributed by atoms with E-state index in [1.54, 1.807) is 32.9 Å². The molecule has 2 amide bonds. The van der Waals surface area contributed by atoms with Crippen LogP contribution in [0.15, 0.2) is 30.3 Å². The molecular weight excluding hydrogens is 268 g/mol. The van der Waals surface area contributed by atoms with Crippen molar-refractivity contribution in [1.29, 1.82) is 0 Å².